The van der Waals surface area contributed by atoms with Crippen LogP contribution in [0.1, 0.15) is 34.8 Å². The molecule has 0 saturated carbocycles. The van der Waals surface area contributed by atoms with Crippen molar-refractivity contribution in [2.75, 3.05) is 11.9 Å². The molecule has 0 heterocycles. The molecule has 2 N–H and O–H groups in total. The number of benzene rings is 3. The van der Waals surface area contributed by atoms with Gasteiger partial charge in [0.2, 0.25) is 0 Å². The largest absolute Gasteiger partial charge is 0.494 e. The Bertz CT molecular complexity index is 1150. The molecule has 34 heavy (non-hydrogen) atoms. The Morgan fingerprint density at radius 3 is 2.15 bits per heavy atom. The van der Waals surface area contributed by atoms with E-state index in [0.29, 0.717) is 34.9 Å². The van der Waals surface area contributed by atoms with Gasteiger partial charge in [-0.3, -0.25) is 9.59 Å². The second-order valence-corrected chi connectivity index (χ2v) is 7.35. The SMILES string of the molecule is CCCOc1ccc(C(=O)Oc2ccc(/C=N\NC(=O)C(=O)Nc3ccc(C)cc3)cc2)cc1. The van der Waals surface area contributed by atoms with Crippen LogP contribution in [0.3, 0.4) is 0 Å². The van der Waals surface area contributed by atoms with E-state index in [9.17, 15) is 14.4 Å². The predicted molar refractivity (Wildman–Crippen MR) is 129 cm³/mol. The van der Waals surface area contributed by atoms with Crippen molar-refractivity contribution < 1.29 is 23.9 Å². The lowest BCUT2D eigenvalue weighted by Gasteiger charge is -2.07. The molecule has 0 atom stereocenters. The van der Waals surface area contributed by atoms with Gasteiger partial charge in [-0.25, -0.2) is 10.2 Å². The second-order valence-electron chi connectivity index (χ2n) is 7.35. The van der Waals surface area contributed by atoms with Gasteiger partial charge in [-0.15, -0.1) is 0 Å². The topological polar surface area (TPSA) is 106 Å². The van der Waals surface area contributed by atoms with Crippen LogP contribution >= 0.6 is 0 Å². The summed E-state index contributed by atoms with van der Waals surface area (Å²) in [7, 11) is 0. The van der Waals surface area contributed by atoms with Crippen molar-refractivity contribution in [2.45, 2.75) is 20.3 Å². The minimum Gasteiger partial charge on any atom is -0.494 e. The van der Waals surface area contributed by atoms with Crippen LogP contribution in [-0.4, -0.2) is 30.6 Å². The second kappa shape index (κ2) is 12.0. The normalized spacial score (nSPS) is 10.5. The van der Waals surface area contributed by atoms with Crippen molar-refractivity contribution in [2.24, 2.45) is 5.10 Å². The van der Waals surface area contributed by atoms with E-state index in [1.807, 2.05) is 26.0 Å². The molecule has 0 saturated heterocycles. The number of hydrogen-bond acceptors (Lipinski definition) is 6. The molecule has 0 aromatic heterocycles. The third kappa shape index (κ3) is 7.30. The summed E-state index contributed by atoms with van der Waals surface area (Å²) in [5.74, 6) is -1.16. The number of nitrogens with zero attached hydrogens (tertiary/aromatic N) is 1. The average Bonchev–Trinajstić information content (AvgIpc) is 2.85. The van der Waals surface area contributed by atoms with E-state index >= 15 is 0 Å². The lowest BCUT2D eigenvalue weighted by Crippen LogP contribution is -2.32. The lowest BCUT2D eigenvalue weighted by molar-refractivity contribution is -0.136. The Labute approximate surface area is 197 Å². The van der Waals surface area contributed by atoms with Gasteiger partial charge in [0.05, 0.1) is 18.4 Å². The highest BCUT2D eigenvalue weighted by Gasteiger charge is 2.13. The highest BCUT2D eigenvalue weighted by molar-refractivity contribution is 6.39. The van der Waals surface area contributed by atoms with E-state index < -0.39 is 17.8 Å². The maximum Gasteiger partial charge on any atom is 0.343 e. The number of carbonyl (C=O) groups is 3. The molecular weight excluding hydrogens is 434 g/mol. The maximum absolute atomic E-state index is 12.3. The van der Waals surface area contributed by atoms with Crippen LogP contribution < -0.4 is 20.2 Å². The Morgan fingerprint density at radius 1 is 0.853 bits per heavy atom. The zero-order chi connectivity index (χ0) is 24.3. The van der Waals surface area contributed by atoms with E-state index in [0.717, 1.165) is 12.0 Å². The van der Waals surface area contributed by atoms with E-state index in [-0.39, 0.29) is 0 Å². The average molecular weight is 460 g/mol. The zero-order valence-corrected chi connectivity index (χ0v) is 18.9. The molecule has 8 heteroatoms. The fraction of sp³-hybridized carbons (Fsp3) is 0.154. The molecule has 0 aliphatic heterocycles. The van der Waals surface area contributed by atoms with Crippen LogP contribution in [0.4, 0.5) is 5.69 Å². The number of rotatable bonds is 8. The first-order valence-electron chi connectivity index (χ1n) is 10.7. The number of anilines is 1. The Morgan fingerprint density at radius 2 is 1.50 bits per heavy atom. The Hall–Kier alpha value is -4.46. The smallest absolute Gasteiger partial charge is 0.343 e. The number of nitrogens with one attached hydrogen (secondary N) is 2. The summed E-state index contributed by atoms with van der Waals surface area (Å²) in [6.45, 7) is 4.56. The molecular formula is C26H25N3O5. The molecule has 0 radical (unpaired) electrons. The molecule has 8 nitrogen and oxygen atoms in total. The molecule has 0 fully saturated rings. The fourth-order valence-corrected chi connectivity index (χ4v) is 2.74. The molecule has 3 aromatic rings. The maximum atomic E-state index is 12.3. The van der Waals surface area contributed by atoms with Gasteiger partial charge >= 0.3 is 17.8 Å². The van der Waals surface area contributed by atoms with E-state index in [1.165, 1.54) is 6.21 Å². The Balaban J connectivity index is 1.48. The van der Waals surface area contributed by atoms with Crippen molar-refractivity contribution in [1.82, 2.24) is 5.43 Å². The number of esters is 1. The van der Waals surface area contributed by atoms with Crippen LogP contribution in [0.2, 0.25) is 0 Å². The van der Waals surface area contributed by atoms with Crippen LogP contribution in [0.15, 0.2) is 77.9 Å². The van der Waals surface area contributed by atoms with Crippen LogP contribution in [0, 0.1) is 6.92 Å². The standard InChI is InChI=1S/C26H25N3O5/c1-3-16-33-22-14-8-20(9-15-22)26(32)34-23-12-6-19(7-13-23)17-27-29-25(31)24(30)28-21-10-4-18(2)5-11-21/h4-15,17H,3,16H2,1-2H3,(H,28,30)(H,29,31)/b27-17-. The minimum atomic E-state index is -0.895. The van der Waals surface area contributed by atoms with Crippen molar-refractivity contribution in [3.8, 4) is 11.5 Å². The Kier molecular flexibility index (Phi) is 8.51. The van der Waals surface area contributed by atoms with Gasteiger partial charge in [0.25, 0.3) is 0 Å². The summed E-state index contributed by atoms with van der Waals surface area (Å²) in [5, 5.41) is 6.27. The van der Waals surface area contributed by atoms with Crippen molar-refractivity contribution in [3.05, 3.63) is 89.5 Å². The molecule has 174 valence electrons. The van der Waals surface area contributed by atoms with Gasteiger partial charge in [0.15, 0.2) is 0 Å². The summed E-state index contributed by atoms with van der Waals surface area (Å²) in [6, 6.07) is 20.3. The molecule has 3 rings (SSSR count). The monoisotopic (exact) mass is 459 g/mol. The highest BCUT2D eigenvalue weighted by Crippen LogP contribution is 2.16. The van der Waals surface area contributed by atoms with E-state index in [1.54, 1.807) is 60.7 Å². The van der Waals surface area contributed by atoms with Crippen LogP contribution in [-0.2, 0) is 9.59 Å². The number of carbonyl (C=O) groups excluding carboxylic acids is 3. The van der Waals surface area contributed by atoms with Gasteiger partial charge in [0, 0.05) is 5.69 Å². The van der Waals surface area contributed by atoms with Gasteiger partial charge < -0.3 is 14.8 Å². The molecule has 2 amide bonds. The first kappa shape index (κ1) is 24.2. The molecule has 0 aliphatic rings. The number of hydrogen-bond donors (Lipinski definition) is 2. The van der Waals surface area contributed by atoms with Gasteiger partial charge in [-0.2, -0.15) is 5.10 Å². The molecule has 0 unspecified atom stereocenters. The number of amides is 2. The zero-order valence-electron chi connectivity index (χ0n) is 18.9. The van der Waals surface area contributed by atoms with Crippen LogP contribution in [0.5, 0.6) is 11.5 Å². The fourth-order valence-electron chi connectivity index (χ4n) is 2.74. The van der Waals surface area contributed by atoms with Gasteiger partial charge in [0.1, 0.15) is 11.5 Å². The third-order valence-corrected chi connectivity index (χ3v) is 4.55. The summed E-state index contributed by atoms with van der Waals surface area (Å²) < 4.78 is 10.9. The number of aryl methyl sites for hydroxylation is 1. The summed E-state index contributed by atoms with van der Waals surface area (Å²) >= 11 is 0. The number of hydrazone groups is 1. The highest BCUT2D eigenvalue weighted by atomic mass is 16.5. The van der Waals surface area contributed by atoms with Crippen molar-refractivity contribution in [1.29, 1.82) is 0 Å². The molecule has 0 aliphatic carbocycles. The molecule has 0 spiro atoms. The molecule has 0 bridgehead atoms. The summed E-state index contributed by atoms with van der Waals surface area (Å²) in [5.41, 5.74) is 4.77. The van der Waals surface area contributed by atoms with E-state index in [2.05, 4.69) is 15.8 Å². The van der Waals surface area contributed by atoms with Crippen LogP contribution in [0.25, 0.3) is 0 Å². The summed E-state index contributed by atoms with van der Waals surface area (Å²) in [4.78, 5) is 36.1. The minimum absolute atomic E-state index is 0.356. The summed E-state index contributed by atoms with van der Waals surface area (Å²) in [6.07, 6.45) is 2.28. The van der Waals surface area contributed by atoms with Gasteiger partial charge in [-0.1, -0.05) is 24.6 Å². The van der Waals surface area contributed by atoms with Gasteiger partial charge in [-0.05, 0) is 79.6 Å². The van der Waals surface area contributed by atoms with Crippen molar-refractivity contribution in [3.63, 3.8) is 0 Å². The van der Waals surface area contributed by atoms with E-state index in [4.69, 9.17) is 9.47 Å². The van der Waals surface area contributed by atoms with Crippen molar-refractivity contribution >= 4 is 29.7 Å². The first-order valence-corrected chi connectivity index (χ1v) is 10.7. The molecule has 3 aromatic carbocycles. The first-order chi connectivity index (χ1) is 16.4. The lowest BCUT2D eigenvalue weighted by atomic mass is 10.2. The number of ether oxygens (including phenoxy) is 2. The third-order valence-electron chi connectivity index (χ3n) is 4.55. The quantitative estimate of drug-likeness (QED) is 0.174. The predicted octanol–water partition coefficient (Wildman–Crippen LogP) is 4.09.